The van der Waals surface area contributed by atoms with Crippen LogP contribution in [-0.2, 0) is 26.0 Å². The smallest absolute Gasteiger partial charge is 0.238 e. The molecule has 2 amide bonds. The zero-order valence-electron chi connectivity index (χ0n) is 14.8. The van der Waals surface area contributed by atoms with E-state index in [1.807, 2.05) is 6.92 Å². The molecule has 1 aromatic rings. The molecule has 0 bridgehead atoms. The molecule has 0 atom stereocenters. The first-order valence-corrected chi connectivity index (χ1v) is 9.92. The van der Waals surface area contributed by atoms with Gasteiger partial charge < -0.3 is 10.2 Å². The third-order valence-corrected chi connectivity index (χ3v) is 4.76. The van der Waals surface area contributed by atoms with Crippen LogP contribution in [0, 0.1) is 0 Å². The molecule has 0 aromatic heterocycles. The van der Waals surface area contributed by atoms with Gasteiger partial charge in [0, 0.05) is 33.0 Å². The van der Waals surface area contributed by atoms with E-state index in [2.05, 4.69) is 5.32 Å². The van der Waals surface area contributed by atoms with Gasteiger partial charge in [0.15, 0.2) is 0 Å². The van der Waals surface area contributed by atoms with Gasteiger partial charge in [0.2, 0.25) is 21.8 Å². The van der Waals surface area contributed by atoms with Crippen molar-refractivity contribution in [3.63, 3.8) is 0 Å². The van der Waals surface area contributed by atoms with E-state index in [1.54, 1.807) is 17.0 Å². The molecule has 7 nitrogen and oxygen atoms in total. The summed E-state index contributed by atoms with van der Waals surface area (Å²) in [6, 6.07) is 6.28. The average Bonchev–Trinajstić information content (AvgIpc) is 2.55. The molecule has 0 spiro atoms. The maximum absolute atomic E-state index is 11.7. The highest BCUT2D eigenvalue weighted by atomic mass is 32.2. The minimum absolute atomic E-state index is 0.00364. The number of unbranched alkanes of at least 4 members (excludes halogenated alkanes) is 1. The van der Waals surface area contributed by atoms with E-state index in [1.165, 1.54) is 19.1 Å². The predicted octanol–water partition coefficient (Wildman–Crippen LogP) is 1.03. The molecule has 1 aromatic carbocycles. The van der Waals surface area contributed by atoms with E-state index < -0.39 is 10.0 Å². The summed E-state index contributed by atoms with van der Waals surface area (Å²) in [6.07, 6.45) is 2.93. The topological polar surface area (TPSA) is 110 Å². The zero-order chi connectivity index (χ0) is 18.9. The van der Waals surface area contributed by atoms with Crippen molar-refractivity contribution >= 4 is 21.8 Å². The molecule has 140 valence electrons. The van der Waals surface area contributed by atoms with Gasteiger partial charge in [-0.3, -0.25) is 9.59 Å². The van der Waals surface area contributed by atoms with E-state index >= 15 is 0 Å². The fraction of sp³-hybridized carbons (Fsp3) is 0.529. The lowest BCUT2D eigenvalue weighted by molar-refractivity contribution is -0.129. The molecule has 0 heterocycles. The van der Waals surface area contributed by atoms with Crippen LogP contribution in [0.25, 0.3) is 0 Å². The predicted molar refractivity (Wildman–Crippen MR) is 96.3 cm³/mol. The molecule has 0 radical (unpaired) electrons. The first-order valence-electron chi connectivity index (χ1n) is 8.38. The van der Waals surface area contributed by atoms with Crippen LogP contribution in [0.4, 0.5) is 0 Å². The van der Waals surface area contributed by atoms with Crippen LogP contribution in [0.1, 0.15) is 38.7 Å². The number of carbonyl (C=O) groups excluding carboxylic acids is 2. The van der Waals surface area contributed by atoms with Gasteiger partial charge in [0.1, 0.15) is 0 Å². The lowest BCUT2D eigenvalue weighted by Crippen LogP contribution is -2.38. The van der Waals surface area contributed by atoms with Crippen molar-refractivity contribution in [2.45, 2.75) is 44.4 Å². The van der Waals surface area contributed by atoms with Crippen molar-refractivity contribution in [2.75, 3.05) is 19.6 Å². The number of nitrogens with zero attached hydrogens (tertiary/aromatic N) is 1. The number of sulfonamides is 1. The standard InChI is InChI=1S/C17H27N3O4S/c1-3-4-5-17(22)19-11-13-20(14(2)21)12-10-15-6-8-16(9-7-15)25(18,23)24/h6-9H,3-5,10-13H2,1-2H3,(H,19,22)(H2,18,23,24). The fourth-order valence-electron chi connectivity index (χ4n) is 2.29. The molecule has 0 saturated heterocycles. The van der Waals surface area contributed by atoms with E-state index in [4.69, 9.17) is 5.14 Å². The monoisotopic (exact) mass is 369 g/mol. The number of primary sulfonamides is 1. The minimum atomic E-state index is -3.70. The van der Waals surface area contributed by atoms with Gasteiger partial charge in [0.25, 0.3) is 0 Å². The molecule has 0 fully saturated rings. The number of nitrogens with one attached hydrogen (secondary N) is 1. The summed E-state index contributed by atoms with van der Waals surface area (Å²) in [7, 11) is -3.70. The summed E-state index contributed by atoms with van der Waals surface area (Å²) in [5, 5.41) is 7.87. The first-order chi connectivity index (χ1) is 11.7. The Kier molecular flexibility index (Phi) is 8.57. The SMILES string of the molecule is CCCCC(=O)NCCN(CCc1ccc(S(N)(=O)=O)cc1)C(C)=O. The molecule has 0 saturated carbocycles. The van der Waals surface area contributed by atoms with Crippen molar-refractivity contribution in [3.05, 3.63) is 29.8 Å². The maximum Gasteiger partial charge on any atom is 0.238 e. The molecule has 25 heavy (non-hydrogen) atoms. The van der Waals surface area contributed by atoms with Gasteiger partial charge in [0.05, 0.1) is 4.90 Å². The summed E-state index contributed by atoms with van der Waals surface area (Å²) in [4.78, 5) is 25.0. The molecule has 3 N–H and O–H groups in total. The normalized spacial score (nSPS) is 11.2. The van der Waals surface area contributed by atoms with Gasteiger partial charge >= 0.3 is 0 Å². The molecule has 0 aliphatic rings. The first kappa shape index (κ1) is 21.1. The molecule has 0 aliphatic carbocycles. The van der Waals surface area contributed by atoms with Crippen LogP contribution in [-0.4, -0.2) is 44.8 Å². The Labute approximate surface area is 149 Å². The average molecular weight is 369 g/mol. The number of nitrogens with two attached hydrogens (primary N) is 1. The van der Waals surface area contributed by atoms with E-state index in [9.17, 15) is 18.0 Å². The number of hydrogen-bond donors (Lipinski definition) is 2. The Morgan fingerprint density at radius 3 is 2.32 bits per heavy atom. The Hall–Kier alpha value is -1.93. The van der Waals surface area contributed by atoms with E-state index in [-0.39, 0.29) is 16.7 Å². The Bertz CT molecular complexity index is 672. The number of carbonyl (C=O) groups is 2. The van der Waals surface area contributed by atoms with Crippen molar-refractivity contribution < 1.29 is 18.0 Å². The van der Waals surface area contributed by atoms with Crippen LogP contribution >= 0.6 is 0 Å². The fourth-order valence-corrected chi connectivity index (χ4v) is 2.81. The van der Waals surface area contributed by atoms with Crippen molar-refractivity contribution in [3.8, 4) is 0 Å². The van der Waals surface area contributed by atoms with Gasteiger partial charge in [-0.1, -0.05) is 25.5 Å². The number of benzene rings is 1. The molecule has 0 unspecified atom stereocenters. The Balaban J connectivity index is 2.47. The second-order valence-electron chi connectivity index (χ2n) is 5.90. The Morgan fingerprint density at radius 2 is 1.80 bits per heavy atom. The van der Waals surface area contributed by atoms with Crippen LogP contribution < -0.4 is 10.5 Å². The summed E-state index contributed by atoms with van der Waals surface area (Å²) < 4.78 is 22.5. The highest BCUT2D eigenvalue weighted by Crippen LogP contribution is 2.09. The molecular formula is C17H27N3O4S. The summed E-state index contributed by atoms with van der Waals surface area (Å²) in [6.45, 7) is 4.88. The largest absolute Gasteiger partial charge is 0.354 e. The molecule has 0 aliphatic heterocycles. The van der Waals surface area contributed by atoms with Crippen molar-refractivity contribution in [2.24, 2.45) is 5.14 Å². The van der Waals surface area contributed by atoms with Gasteiger partial charge in [-0.05, 0) is 30.5 Å². The second kappa shape index (κ2) is 10.1. The second-order valence-corrected chi connectivity index (χ2v) is 7.46. The van der Waals surface area contributed by atoms with Crippen LogP contribution in [0.3, 0.4) is 0 Å². The van der Waals surface area contributed by atoms with Gasteiger partial charge in [-0.2, -0.15) is 0 Å². The van der Waals surface area contributed by atoms with Gasteiger partial charge in [-0.15, -0.1) is 0 Å². The number of hydrogen-bond acceptors (Lipinski definition) is 4. The van der Waals surface area contributed by atoms with Crippen LogP contribution in [0.5, 0.6) is 0 Å². The highest BCUT2D eigenvalue weighted by Gasteiger charge is 2.11. The highest BCUT2D eigenvalue weighted by molar-refractivity contribution is 7.89. The van der Waals surface area contributed by atoms with E-state index in [0.29, 0.717) is 32.5 Å². The number of rotatable bonds is 10. The molecule has 8 heteroatoms. The number of amides is 2. The van der Waals surface area contributed by atoms with E-state index in [0.717, 1.165) is 18.4 Å². The van der Waals surface area contributed by atoms with Gasteiger partial charge in [-0.25, -0.2) is 13.6 Å². The third-order valence-electron chi connectivity index (χ3n) is 3.83. The van der Waals surface area contributed by atoms with Crippen LogP contribution in [0.2, 0.25) is 0 Å². The lowest BCUT2D eigenvalue weighted by Gasteiger charge is -2.21. The zero-order valence-corrected chi connectivity index (χ0v) is 15.6. The summed E-state index contributed by atoms with van der Waals surface area (Å²) in [5.41, 5.74) is 0.908. The summed E-state index contributed by atoms with van der Waals surface area (Å²) >= 11 is 0. The summed E-state index contributed by atoms with van der Waals surface area (Å²) in [5.74, 6) is -0.0621. The molecular weight excluding hydrogens is 342 g/mol. The molecule has 1 rings (SSSR count). The lowest BCUT2D eigenvalue weighted by atomic mass is 10.1. The Morgan fingerprint density at radius 1 is 1.16 bits per heavy atom. The third kappa shape index (κ3) is 8.13. The van der Waals surface area contributed by atoms with Crippen molar-refractivity contribution in [1.29, 1.82) is 0 Å². The van der Waals surface area contributed by atoms with Crippen LogP contribution in [0.15, 0.2) is 29.2 Å². The van der Waals surface area contributed by atoms with Crippen molar-refractivity contribution in [1.82, 2.24) is 10.2 Å². The maximum atomic E-state index is 11.7. The quantitative estimate of drug-likeness (QED) is 0.642. The minimum Gasteiger partial charge on any atom is -0.354 e.